The van der Waals surface area contributed by atoms with E-state index >= 15 is 0 Å². The Balaban J connectivity index is 2.21. The van der Waals surface area contributed by atoms with E-state index in [0.717, 1.165) is 27.2 Å². The quantitative estimate of drug-likeness (QED) is 0.944. The number of rotatable bonds is 4. The molecule has 5 heteroatoms. The zero-order valence-corrected chi connectivity index (χ0v) is 12.1. The maximum absolute atomic E-state index is 5.85. The van der Waals surface area contributed by atoms with E-state index in [4.69, 9.17) is 10.5 Å². The van der Waals surface area contributed by atoms with E-state index in [2.05, 4.69) is 20.9 Å². The van der Waals surface area contributed by atoms with Crippen LogP contribution in [-0.4, -0.2) is 9.55 Å². The van der Waals surface area contributed by atoms with Crippen LogP contribution in [0.25, 0.3) is 0 Å². The van der Waals surface area contributed by atoms with E-state index in [0.29, 0.717) is 13.2 Å². The topological polar surface area (TPSA) is 53.1 Å². The summed E-state index contributed by atoms with van der Waals surface area (Å²) in [7, 11) is 1.95. The minimum atomic E-state index is 0.443. The van der Waals surface area contributed by atoms with Gasteiger partial charge >= 0.3 is 0 Å². The predicted octanol–water partition coefficient (Wildman–Crippen LogP) is 2.53. The fraction of sp³-hybridized carbons (Fsp3) is 0.308. The molecule has 0 aliphatic heterocycles. The highest BCUT2D eigenvalue weighted by Gasteiger charge is 2.09. The fourth-order valence-electron chi connectivity index (χ4n) is 1.83. The molecule has 0 amide bonds. The number of hydrogen-bond donors (Lipinski definition) is 1. The van der Waals surface area contributed by atoms with Gasteiger partial charge in [0, 0.05) is 36.0 Å². The van der Waals surface area contributed by atoms with Gasteiger partial charge in [0.2, 0.25) is 0 Å². The standard InChI is InChI=1S/C13H16BrN3O/c1-9-5-11(14)6-10(7-15)13(9)18-8-12-16-3-4-17(12)2/h3-6H,7-8,15H2,1-2H3. The summed E-state index contributed by atoms with van der Waals surface area (Å²) in [6, 6.07) is 4.01. The fourth-order valence-corrected chi connectivity index (χ4v) is 2.45. The Kier molecular flexibility index (Phi) is 4.04. The maximum atomic E-state index is 5.85. The Morgan fingerprint density at radius 3 is 2.83 bits per heavy atom. The Morgan fingerprint density at radius 1 is 1.44 bits per heavy atom. The maximum Gasteiger partial charge on any atom is 0.146 e. The lowest BCUT2D eigenvalue weighted by Crippen LogP contribution is -2.07. The van der Waals surface area contributed by atoms with Crippen LogP contribution in [0, 0.1) is 6.92 Å². The van der Waals surface area contributed by atoms with Crippen LogP contribution in [0.3, 0.4) is 0 Å². The molecule has 1 heterocycles. The smallest absolute Gasteiger partial charge is 0.146 e. The van der Waals surface area contributed by atoms with Gasteiger partial charge in [-0.2, -0.15) is 0 Å². The number of halogens is 1. The van der Waals surface area contributed by atoms with Crippen molar-refractivity contribution in [2.75, 3.05) is 0 Å². The van der Waals surface area contributed by atoms with E-state index in [-0.39, 0.29) is 0 Å². The predicted molar refractivity (Wildman–Crippen MR) is 74.3 cm³/mol. The molecular formula is C13H16BrN3O. The molecule has 0 aliphatic rings. The van der Waals surface area contributed by atoms with Crippen molar-refractivity contribution in [1.82, 2.24) is 9.55 Å². The number of hydrogen-bond acceptors (Lipinski definition) is 3. The minimum absolute atomic E-state index is 0.443. The Morgan fingerprint density at radius 2 is 2.22 bits per heavy atom. The Bertz CT molecular complexity index is 551. The first-order valence-electron chi connectivity index (χ1n) is 5.70. The molecule has 0 aliphatic carbocycles. The van der Waals surface area contributed by atoms with Crippen molar-refractivity contribution in [3.8, 4) is 5.75 Å². The lowest BCUT2D eigenvalue weighted by molar-refractivity contribution is 0.287. The van der Waals surface area contributed by atoms with E-state index in [1.165, 1.54) is 0 Å². The third-order valence-electron chi connectivity index (χ3n) is 2.80. The molecule has 96 valence electrons. The van der Waals surface area contributed by atoms with Gasteiger partial charge in [-0.25, -0.2) is 4.98 Å². The minimum Gasteiger partial charge on any atom is -0.485 e. The van der Waals surface area contributed by atoms with Gasteiger partial charge in [0.05, 0.1) is 0 Å². The average molecular weight is 310 g/mol. The highest BCUT2D eigenvalue weighted by Crippen LogP contribution is 2.28. The van der Waals surface area contributed by atoms with Gasteiger partial charge in [0.25, 0.3) is 0 Å². The molecule has 2 rings (SSSR count). The molecule has 18 heavy (non-hydrogen) atoms. The van der Waals surface area contributed by atoms with Crippen LogP contribution in [-0.2, 0) is 20.2 Å². The van der Waals surface area contributed by atoms with Crippen LogP contribution in [0.4, 0.5) is 0 Å². The number of nitrogens with two attached hydrogens (primary N) is 1. The molecule has 0 atom stereocenters. The van der Waals surface area contributed by atoms with Crippen LogP contribution < -0.4 is 10.5 Å². The number of ether oxygens (including phenoxy) is 1. The van der Waals surface area contributed by atoms with Crippen LogP contribution in [0.2, 0.25) is 0 Å². The van der Waals surface area contributed by atoms with Gasteiger partial charge in [0.15, 0.2) is 0 Å². The second-order valence-electron chi connectivity index (χ2n) is 4.16. The molecule has 1 aromatic carbocycles. The molecule has 2 N–H and O–H groups in total. The first-order chi connectivity index (χ1) is 8.61. The van der Waals surface area contributed by atoms with Gasteiger partial charge in [0.1, 0.15) is 18.2 Å². The largest absolute Gasteiger partial charge is 0.485 e. The second kappa shape index (κ2) is 5.54. The molecule has 2 aromatic rings. The SMILES string of the molecule is Cc1cc(Br)cc(CN)c1OCc1nccn1C. The summed E-state index contributed by atoms with van der Waals surface area (Å²) in [5.41, 5.74) is 7.81. The van der Waals surface area contributed by atoms with Crippen molar-refractivity contribution in [3.05, 3.63) is 46.0 Å². The summed E-state index contributed by atoms with van der Waals surface area (Å²) >= 11 is 3.46. The van der Waals surface area contributed by atoms with E-state index in [1.807, 2.05) is 36.9 Å². The van der Waals surface area contributed by atoms with E-state index in [1.54, 1.807) is 6.20 Å². The molecule has 0 spiro atoms. The number of aromatic nitrogens is 2. The number of benzene rings is 1. The zero-order chi connectivity index (χ0) is 13.1. The first kappa shape index (κ1) is 13.1. The van der Waals surface area contributed by atoms with Crippen molar-refractivity contribution >= 4 is 15.9 Å². The van der Waals surface area contributed by atoms with Crippen molar-refractivity contribution in [3.63, 3.8) is 0 Å². The van der Waals surface area contributed by atoms with Crippen LogP contribution in [0.5, 0.6) is 5.75 Å². The normalized spacial score (nSPS) is 10.7. The van der Waals surface area contributed by atoms with Crippen LogP contribution in [0.1, 0.15) is 17.0 Å². The molecule has 0 bridgehead atoms. The number of imidazole rings is 1. The summed E-state index contributed by atoms with van der Waals surface area (Å²) in [5.74, 6) is 1.74. The summed E-state index contributed by atoms with van der Waals surface area (Å²) in [6.07, 6.45) is 3.66. The summed E-state index contributed by atoms with van der Waals surface area (Å²) in [5, 5.41) is 0. The molecule has 0 radical (unpaired) electrons. The zero-order valence-electron chi connectivity index (χ0n) is 10.5. The third-order valence-corrected chi connectivity index (χ3v) is 3.26. The van der Waals surface area contributed by atoms with Crippen molar-refractivity contribution in [2.24, 2.45) is 12.8 Å². The van der Waals surface area contributed by atoms with Gasteiger partial charge in [-0.05, 0) is 24.6 Å². The van der Waals surface area contributed by atoms with Gasteiger partial charge in [-0.1, -0.05) is 15.9 Å². The summed E-state index contributed by atoms with van der Waals surface area (Å²) < 4.78 is 8.81. The molecular weight excluding hydrogens is 294 g/mol. The molecule has 0 saturated heterocycles. The monoisotopic (exact) mass is 309 g/mol. The lowest BCUT2D eigenvalue weighted by atomic mass is 10.1. The number of aryl methyl sites for hydroxylation is 2. The molecule has 0 unspecified atom stereocenters. The van der Waals surface area contributed by atoms with E-state index in [9.17, 15) is 0 Å². The summed E-state index contributed by atoms with van der Waals surface area (Å²) in [4.78, 5) is 4.23. The van der Waals surface area contributed by atoms with Crippen molar-refractivity contribution < 1.29 is 4.74 Å². The van der Waals surface area contributed by atoms with Crippen LogP contribution in [0.15, 0.2) is 29.0 Å². The highest BCUT2D eigenvalue weighted by atomic mass is 79.9. The van der Waals surface area contributed by atoms with Crippen LogP contribution >= 0.6 is 15.9 Å². The highest BCUT2D eigenvalue weighted by molar-refractivity contribution is 9.10. The number of nitrogens with zero attached hydrogens (tertiary/aromatic N) is 2. The summed E-state index contributed by atoms with van der Waals surface area (Å²) in [6.45, 7) is 2.91. The first-order valence-corrected chi connectivity index (χ1v) is 6.49. The molecule has 1 aromatic heterocycles. The van der Waals surface area contributed by atoms with E-state index < -0.39 is 0 Å². The Labute approximate surface area is 115 Å². The average Bonchev–Trinajstić information content (AvgIpc) is 2.73. The second-order valence-corrected chi connectivity index (χ2v) is 5.07. The lowest BCUT2D eigenvalue weighted by Gasteiger charge is -2.13. The molecule has 0 fully saturated rings. The van der Waals surface area contributed by atoms with Gasteiger partial charge in [-0.3, -0.25) is 0 Å². The Hall–Kier alpha value is -1.33. The van der Waals surface area contributed by atoms with Crippen molar-refractivity contribution in [2.45, 2.75) is 20.1 Å². The van der Waals surface area contributed by atoms with Gasteiger partial charge in [-0.15, -0.1) is 0 Å². The van der Waals surface area contributed by atoms with Crippen molar-refractivity contribution in [1.29, 1.82) is 0 Å². The molecule has 0 saturated carbocycles. The molecule has 4 nitrogen and oxygen atoms in total. The third kappa shape index (κ3) is 2.73. The van der Waals surface area contributed by atoms with Gasteiger partial charge < -0.3 is 15.0 Å².